The monoisotopic (exact) mass is 224 g/mol. The molecule has 2 fully saturated rings. The highest BCUT2D eigenvalue weighted by molar-refractivity contribution is 4.94. The molecule has 0 radical (unpaired) electrons. The minimum Gasteiger partial charge on any atom is -0.313 e. The molecule has 0 aliphatic heterocycles. The van der Waals surface area contributed by atoms with E-state index in [1.807, 2.05) is 0 Å². The summed E-state index contributed by atoms with van der Waals surface area (Å²) in [6.07, 6.45) is 5.94. The second-order valence-electron chi connectivity index (χ2n) is 7.06. The molecule has 2 saturated carbocycles. The standard InChI is InChI=1S/C14H28N2/c1-14(2,10-16(3)4)9-15-13-8-11-5-6-12(13)7-11/h11-13,15H,5-10H2,1-4H3/t11-,12+,13+/m1/s1. The smallest absolute Gasteiger partial charge is 0.00983 e. The normalized spacial score (nSPS) is 33.9. The van der Waals surface area contributed by atoms with Gasteiger partial charge in [0.05, 0.1) is 0 Å². The highest BCUT2D eigenvalue weighted by Gasteiger charge is 2.39. The Hall–Kier alpha value is -0.0800. The maximum atomic E-state index is 3.83. The Bertz CT molecular complexity index is 235. The summed E-state index contributed by atoms with van der Waals surface area (Å²) in [7, 11) is 4.33. The average molecular weight is 224 g/mol. The van der Waals surface area contributed by atoms with Crippen molar-refractivity contribution in [2.45, 2.75) is 45.6 Å². The molecular weight excluding hydrogens is 196 g/mol. The van der Waals surface area contributed by atoms with Gasteiger partial charge in [0.1, 0.15) is 0 Å². The van der Waals surface area contributed by atoms with Crippen LogP contribution in [0.4, 0.5) is 0 Å². The van der Waals surface area contributed by atoms with Gasteiger partial charge >= 0.3 is 0 Å². The maximum absolute atomic E-state index is 3.83. The highest BCUT2D eigenvalue weighted by Crippen LogP contribution is 2.44. The Morgan fingerprint density at radius 1 is 1.19 bits per heavy atom. The van der Waals surface area contributed by atoms with Crippen molar-refractivity contribution in [3.63, 3.8) is 0 Å². The zero-order valence-corrected chi connectivity index (χ0v) is 11.4. The third-order valence-electron chi connectivity index (χ3n) is 4.33. The van der Waals surface area contributed by atoms with E-state index in [0.717, 1.165) is 17.9 Å². The number of hydrogen-bond acceptors (Lipinski definition) is 2. The highest BCUT2D eigenvalue weighted by atomic mass is 15.1. The van der Waals surface area contributed by atoms with E-state index in [-0.39, 0.29) is 0 Å². The van der Waals surface area contributed by atoms with Gasteiger partial charge in [-0.2, -0.15) is 0 Å². The Kier molecular flexibility index (Phi) is 3.60. The zero-order valence-electron chi connectivity index (χ0n) is 11.4. The van der Waals surface area contributed by atoms with Gasteiger partial charge in [-0.1, -0.05) is 20.3 Å². The largest absolute Gasteiger partial charge is 0.313 e. The third kappa shape index (κ3) is 2.98. The SMILES string of the molecule is CN(C)CC(C)(C)CN[C@H]1C[C@@H]2CC[C@H]1C2. The van der Waals surface area contributed by atoms with E-state index in [2.05, 4.69) is 38.2 Å². The molecule has 2 aliphatic carbocycles. The van der Waals surface area contributed by atoms with Crippen LogP contribution in [-0.4, -0.2) is 38.1 Å². The van der Waals surface area contributed by atoms with Crippen LogP contribution in [0.1, 0.15) is 39.5 Å². The predicted molar refractivity (Wildman–Crippen MR) is 69.6 cm³/mol. The van der Waals surface area contributed by atoms with Gasteiger partial charge in [-0.05, 0) is 50.6 Å². The number of rotatable bonds is 5. The van der Waals surface area contributed by atoms with E-state index in [9.17, 15) is 0 Å². The molecule has 2 heteroatoms. The molecule has 2 rings (SSSR count). The minimum atomic E-state index is 0.394. The van der Waals surface area contributed by atoms with Crippen LogP contribution in [0.25, 0.3) is 0 Å². The van der Waals surface area contributed by atoms with E-state index in [1.165, 1.54) is 38.8 Å². The number of hydrogen-bond donors (Lipinski definition) is 1. The van der Waals surface area contributed by atoms with Gasteiger partial charge in [0.2, 0.25) is 0 Å². The van der Waals surface area contributed by atoms with Crippen molar-refractivity contribution in [3.05, 3.63) is 0 Å². The first kappa shape index (κ1) is 12.4. The van der Waals surface area contributed by atoms with E-state index in [4.69, 9.17) is 0 Å². The quantitative estimate of drug-likeness (QED) is 0.771. The molecule has 2 aliphatic rings. The number of fused-ring (bicyclic) bond motifs is 2. The average Bonchev–Trinajstić information content (AvgIpc) is 2.73. The van der Waals surface area contributed by atoms with Gasteiger partial charge in [-0.25, -0.2) is 0 Å². The fourth-order valence-corrected chi connectivity index (χ4v) is 3.81. The molecule has 0 unspecified atom stereocenters. The lowest BCUT2D eigenvalue weighted by Crippen LogP contribution is -2.43. The van der Waals surface area contributed by atoms with Crippen LogP contribution < -0.4 is 5.32 Å². The van der Waals surface area contributed by atoms with E-state index < -0.39 is 0 Å². The minimum absolute atomic E-state index is 0.394. The number of nitrogens with zero attached hydrogens (tertiary/aromatic N) is 1. The van der Waals surface area contributed by atoms with E-state index in [0.29, 0.717) is 5.41 Å². The van der Waals surface area contributed by atoms with Crippen molar-refractivity contribution in [3.8, 4) is 0 Å². The lowest BCUT2D eigenvalue weighted by Gasteiger charge is -2.32. The molecule has 0 spiro atoms. The first-order chi connectivity index (χ1) is 7.46. The first-order valence-electron chi connectivity index (χ1n) is 6.84. The molecular formula is C14H28N2. The first-order valence-corrected chi connectivity index (χ1v) is 6.84. The predicted octanol–water partition coefficient (Wildman–Crippen LogP) is 2.35. The molecule has 0 amide bonds. The van der Waals surface area contributed by atoms with Gasteiger partial charge < -0.3 is 10.2 Å². The number of nitrogens with one attached hydrogen (secondary N) is 1. The van der Waals surface area contributed by atoms with Gasteiger partial charge in [-0.15, -0.1) is 0 Å². The Morgan fingerprint density at radius 2 is 1.94 bits per heavy atom. The second-order valence-corrected chi connectivity index (χ2v) is 7.06. The maximum Gasteiger partial charge on any atom is 0.00983 e. The van der Waals surface area contributed by atoms with Crippen LogP contribution in [0.15, 0.2) is 0 Å². The van der Waals surface area contributed by atoms with E-state index >= 15 is 0 Å². The van der Waals surface area contributed by atoms with Crippen molar-refractivity contribution in [1.29, 1.82) is 0 Å². The molecule has 0 saturated heterocycles. The third-order valence-corrected chi connectivity index (χ3v) is 4.33. The lowest BCUT2D eigenvalue weighted by atomic mass is 9.90. The lowest BCUT2D eigenvalue weighted by molar-refractivity contribution is 0.213. The van der Waals surface area contributed by atoms with Crippen LogP contribution in [0.2, 0.25) is 0 Å². The Morgan fingerprint density at radius 3 is 2.44 bits per heavy atom. The Balaban J connectivity index is 1.74. The van der Waals surface area contributed by atoms with Gasteiger partial charge in [0.25, 0.3) is 0 Å². The topological polar surface area (TPSA) is 15.3 Å². The molecule has 0 heterocycles. The van der Waals surface area contributed by atoms with Crippen LogP contribution in [0, 0.1) is 17.3 Å². The van der Waals surface area contributed by atoms with Crippen molar-refractivity contribution in [2.24, 2.45) is 17.3 Å². The molecule has 2 bridgehead atoms. The second kappa shape index (κ2) is 4.66. The molecule has 94 valence electrons. The molecule has 1 N–H and O–H groups in total. The van der Waals surface area contributed by atoms with Crippen LogP contribution >= 0.6 is 0 Å². The molecule has 0 aromatic heterocycles. The van der Waals surface area contributed by atoms with Crippen molar-refractivity contribution in [1.82, 2.24) is 10.2 Å². The fourth-order valence-electron chi connectivity index (χ4n) is 3.81. The molecule has 16 heavy (non-hydrogen) atoms. The van der Waals surface area contributed by atoms with Crippen LogP contribution in [0.5, 0.6) is 0 Å². The van der Waals surface area contributed by atoms with Crippen molar-refractivity contribution in [2.75, 3.05) is 27.2 Å². The summed E-state index contributed by atoms with van der Waals surface area (Å²) in [6.45, 7) is 7.07. The Labute approximate surface area is 101 Å². The summed E-state index contributed by atoms with van der Waals surface area (Å²) in [5.74, 6) is 2.06. The fraction of sp³-hybridized carbons (Fsp3) is 1.00. The summed E-state index contributed by atoms with van der Waals surface area (Å²) in [5, 5.41) is 3.83. The molecule has 0 aromatic carbocycles. The summed E-state index contributed by atoms with van der Waals surface area (Å²) in [5.41, 5.74) is 0.394. The molecule has 0 aromatic rings. The summed E-state index contributed by atoms with van der Waals surface area (Å²) in [6, 6.07) is 0.834. The summed E-state index contributed by atoms with van der Waals surface area (Å²) < 4.78 is 0. The summed E-state index contributed by atoms with van der Waals surface area (Å²) in [4.78, 5) is 2.29. The zero-order chi connectivity index (χ0) is 11.8. The molecule has 3 atom stereocenters. The van der Waals surface area contributed by atoms with Gasteiger partial charge in [-0.3, -0.25) is 0 Å². The van der Waals surface area contributed by atoms with Gasteiger partial charge in [0.15, 0.2) is 0 Å². The van der Waals surface area contributed by atoms with Crippen molar-refractivity contribution >= 4 is 0 Å². The van der Waals surface area contributed by atoms with Gasteiger partial charge in [0, 0.05) is 19.1 Å². The van der Waals surface area contributed by atoms with Crippen molar-refractivity contribution < 1.29 is 0 Å². The van der Waals surface area contributed by atoms with Crippen LogP contribution in [-0.2, 0) is 0 Å². The molecule has 2 nitrogen and oxygen atoms in total. The van der Waals surface area contributed by atoms with E-state index in [1.54, 1.807) is 0 Å². The van der Waals surface area contributed by atoms with Crippen LogP contribution in [0.3, 0.4) is 0 Å². The summed E-state index contributed by atoms with van der Waals surface area (Å²) >= 11 is 0.